The van der Waals surface area contributed by atoms with Crippen molar-refractivity contribution < 1.29 is 9.53 Å². The van der Waals surface area contributed by atoms with Crippen LogP contribution in [-0.2, 0) is 11.3 Å². The number of methoxy groups -OCH3 is 1. The molecule has 0 unspecified atom stereocenters. The van der Waals surface area contributed by atoms with Crippen molar-refractivity contribution in [2.75, 3.05) is 13.7 Å². The molecule has 1 atom stereocenters. The van der Waals surface area contributed by atoms with Crippen molar-refractivity contribution in [3.05, 3.63) is 35.6 Å². The van der Waals surface area contributed by atoms with Crippen LogP contribution < -0.4 is 5.32 Å². The van der Waals surface area contributed by atoms with E-state index in [1.54, 1.807) is 19.6 Å². The van der Waals surface area contributed by atoms with Crippen LogP contribution in [0, 0.1) is 0 Å². The topological polar surface area (TPSA) is 86.3 Å². The van der Waals surface area contributed by atoms with Crippen LogP contribution in [0.4, 0.5) is 0 Å². The Hall–Kier alpha value is -2.26. The lowest BCUT2D eigenvalue weighted by atomic mass is 10.3. The summed E-state index contributed by atoms with van der Waals surface area (Å²) < 4.78 is 8.74. The molecule has 0 spiro atoms. The van der Waals surface area contributed by atoms with Crippen molar-refractivity contribution in [3.63, 3.8) is 0 Å². The van der Waals surface area contributed by atoms with E-state index < -0.39 is 0 Å². The van der Waals surface area contributed by atoms with Gasteiger partial charge in [0.15, 0.2) is 10.8 Å². The van der Waals surface area contributed by atoms with Crippen LogP contribution in [-0.4, -0.2) is 43.8 Å². The quantitative estimate of drug-likeness (QED) is 0.735. The minimum absolute atomic E-state index is 0.232. The number of nitrogens with zero attached hydrogens (tertiary/aromatic N) is 5. The predicted octanol–water partition coefficient (Wildman–Crippen LogP) is 1.12. The minimum Gasteiger partial charge on any atom is -0.383 e. The van der Waals surface area contributed by atoms with Crippen molar-refractivity contribution in [2.24, 2.45) is 0 Å². The molecule has 0 radical (unpaired) electrons. The largest absolute Gasteiger partial charge is 0.383 e. The number of carbonyl (C=O) groups is 1. The number of nitrogens with one attached hydrogen (secondary N) is 1. The molecule has 1 N–H and O–H groups in total. The van der Waals surface area contributed by atoms with E-state index >= 15 is 0 Å². The zero-order chi connectivity index (χ0) is 15.5. The van der Waals surface area contributed by atoms with Crippen molar-refractivity contribution in [2.45, 2.75) is 19.5 Å². The fourth-order valence-electron chi connectivity index (χ4n) is 2.13. The Morgan fingerprint density at radius 3 is 3.18 bits per heavy atom. The van der Waals surface area contributed by atoms with Crippen molar-refractivity contribution in [1.29, 1.82) is 0 Å². The second kappa shape index (κ2) is 6.24. The molecule has 0 aromatic carbocycles. The smallest absolute Gasteiger partial charge is 0.272 e. The number of aromatic nitrogens is 5. The van der Waals surface area contributed by atoms with E-state index in [0.717, 1.165) is 4.96 Å². The molecule has 0 fully saturated rings. The summed E-state index contributed by atoms with van der Waals surface area (Å²) in [6.45, 7) is 3.06. The predicted molar refractivity (Wildman–Crippen MR) is 80.8 cm³/mol. The number of fused-ring (bicyclic) bond motifs is 1. The third-order valence-electron chi connectivity index (χ3n) is 3.24. The van der Waals surface area contributed by atoms with Gasteiger partial charge in [0.25, 0.3) is 5.91 Å². The summed E-state index contributed by atoms with van der Waals surface area (Å²) in [5.74, 6) is 0.455. The summed E-state index contributed by atoms with van der Waals surface area (Å²) >= 11 is 1.49. The average Bonchev–Trinajstić information content (AvgIpc) is 3.19. The minimum atomic E-state index is -0.272. The van der Waals surface area contributed by atoms with Gasteiger partial charge in [0.05, 0.1) is 12.6 Å². The maximum Gasteiger partial charge on any atom is 0.272 e. The normalized spacial score (nSPS) is 12.6. The van der Waals surface area contributed by atoms with Crippen LogP contribution >= 0.6 is 11.3 Å². The summed E-state index contributed by atoms with van der Waals surface area (Å²) in [6, 6.07) is -0.272. The molecule has 0 saturated heterocycles. The first-order valence-corrected chi connectivity index (χ1v) is 7.66. The van der Waals surface area contributed by atoms with Gasteiger partial charge in [0.2, 0.25) is 0 Å². The highest BCUT2D eigenvalue weighted by atomic mass is 32.1. The van der Waals surface area contributed by atoms with E-state index in [0.29, 0.717) is 24.7 Å². The molecule has 0 aliphatic heterocycles. The molecular weight excluding hydrogens is 304 g/mol. The zero-order valence-electron chi connectivity index (χ0n) is 12.3. The first-order valence-electron chi connectivity index (χ1n) is 6.78. The summed E-state index contributed by atoms with van der Waals surface area (Å²) in [6.07, 6.45) is 5.21. The van der Waals surface area contributed by atoms with Crippen LogP contribution in [0.25, 0.3) is 4.96 Å². The first kappa shape index (κ1) is 14.7. The molecule has 22 heavy (non-hydrogen) atoms. The summed E-state index contributed by atoms with van der Waals surface area (Å²) in [7, 11) is 1.64. The number of hydrogen-bond acceptors (Lipinski definition) is 6. The van der Waals surface area contributed by atoms with Gasteiger partial charge >= 0.3 is 0 Å². The monoisotopic (exact) mass is 320 g/mol. The standard InChI is InChI=1S/C13H16N6O2S/c1-9(11-17-14-8-19(11)3-5-21-2)15-12(20)10-7-18-4-6-22-13(18)16-10/h4,6-9H,3,5H2,1-2H3,(H,15,20)/t9-/m0/s1. The van der Waals surface area contributed by atoms with Gasteiger partial charge in [0.1, 0.15) is 12.0 Å². The van der Waals surface area contributed by atoms with E-state index in [2.05, 4.69) is 20.5 Å². The Labute approximate surface area is 130 Å². The lowest BCUT2D eigenvalue weighted by Crippen LogP contribution is -2.29. The second-order valence-electron chi connectivity index (χ2n) is 4.79. The maximum atomic E-state index is 12.3. The lowest BCUT2D eigenvalue weighted by molar-refractivity contribution is 0.0932. The van der Waals surface area contributed by atoms with E-state index in [4.69, 9.17) is 4.74 Å². The molecule has 3 aromatic rings. The highest BCUT2D eigenvalue weighted by molar-refractivity contribution is 7.15. The van der Waals surface area contributed by atoms with Crippen molar-refractivity contribution in [3.8, 4) is 0 Å². The molecule has 0 aliphatic rings. The van der Waals surface area contributed by atoms with Crippen LogP contribution in [0.1, 0.15) is 29.3 Å². The number of hydrogen-bond donors (Lipinski definition) is 1. The number of amides is 1. The molecule has 8 nitrogen and oxygen atoms in total. The Bertz CT molecular complexity index is 748. The molecule has 3 aromatic heterocycles. The molecule has 3 heterocycles. The Morgan fingerprint density at radius 1 is 1.55 bits per heavy atom. The Kier molecular flexibility index (Phi) is 4.16. The summed E-state index contributed by atoms with van der Waals surface area (Å²) in [5, 5.41) is 12.8. The van der Waals surface area contributed by atoms with Gasteiger partial charge in [-0.15, -0.1) is 21.5 Å². The van der Waals surface area contributed by atoms with Gasteiger partial charge in [0, 0.05) is 31.4 Å². The molecule has 0 bridgehead atoms. The fourth-order valence-corrected chi connectivity index (χ4v) is 2.83. The maximum absolute atomic E-state index is 12.3. The van der Waals surface area contributed by atoms with Gasteiger partial charge in [-0.25, -0.2) is 4.98 Å². The fraction of sp³-hybridized carbons (Fsp3) is 0.385. The van der Waals surface area contributed by atoms with Crippen LogP contribution in [0.5, 0.6) is 0 Å². The molecule has 116 valence electrons. The number of rotatable bonds is 6. The second-order valence-corrected chi connectivity index (χ2v) is 5.66. The van der Waals surface area contributed by atoms with Gasteiger partial charge < -0.3 is 14.6 Å². The van der Waals surface area contributed by atoms with E-state index in [-0.39, 0.29) is 11.9 Å². The third-order valence-corrected chi connectivity index (χ3v) is 4.01. The van der Waals surface area contributed by atoms with Crippen molar-refractivity contribution >= 4 is 22.2 Å². The van der Waals surface area contributed by atoms with E-state index in [1.807, 2.05) is 27.5 Å². The number of carbonyl (C=O) groups excluding carboxylic acids is 1. The Balaban J connectivity index is 1.70. The molecule has 0 saturated carbocycles. The summed E-state index contributed by atoms with van der Waals surface area (Å²) in [5.41, 5.74) is 0.390. The average molecular weight is 320 g/mol. The SMILES string of the molecule is COCCn1cnnc1[C@H](C)NC(=O)c1cn2ccsc2n1. The third kappa shape index (κ3) is 2.85. The number of thiazole rings is 1. The van der Waals surface area contributed by atoms with Crippen LogP contribution in [0.3, 0.4) is 0 Å². The molecule has 1 amide bonds. The molecule has 9 heteroatoms. The molecular formula is C13H16N6O2S. The van der Waals surface area contributed by atoms with Gasteiger partial charge in [-0.2, -0.15) is 0 Å². The highest BCUT2D eigenvalue weighted by Gasteiger charge is 2.18. The van der Waals surface area contributed by atoms with Crippen LogP contribution in [0.2, 0.25) is 0 Å². The van der Waals surface area contributed by atoms with Gasteiger partial charge in [-0.1, -0.05) is 0 Å². The first-order chi connectivity index (χ1) is 10.7. The van der Waals surface area contributed by atoms with Crippen LogP contribution in [0.15, 0.2) is 24.1 Å². The van der Waals surface area contributed by atoms with Gasteiger partial charge in [-0.3, -0.25) is 9.20 Å². The lowest BCUT2D eigenvalue weighted by Gasteiger charge is -2.13. The summed E-state index contributed by atoms with van der Waals surface area (Å²) in [4.78, 5) is 17.4. The van der Waals surface area contributed by atoms with Crippen molar-refractivity contribution in [1.82, 2.24) is 29.5 Å². The van der Waals surface area contributed by atoms with Gasteiger partial charge in [-0.05, 0) is 6.92 Å². The number of ether oxygens (including phenoxy) is 1. The zero-order valence-corrected chi connectivity index (χ0v) is 13.1. The number of imidazole rings is 1. The Morgan fingerprint density at radius 2 is 2.41 bits per heavy atom. The molecule has 0 aliphatic carbocycles. The highest BCUT2D eigenvalue weighted by Crippen LogP contribution is 2.13. The van der Waals surface area contributed by atoms with E-state index in [9.17, 15) is 4.79 Å². The van der Waals surface area contributed by atoms with E-state index in [1.165, 1.54) is 11.3 Å². The molecule has 3 rings (SSSR count).